The summed E-state index contributed by atoms with van der Waals surface area (Å²) in [6.45, 7) is 33.8. The van der Waals surface area contributed by atoms with Gasteiger partial charge in [0.1, 0.15) is 23.0 Å². The summed E-state index contributed by atoms with van der Waals surface area (Å²) in [4.78, 5) is 90.3. The normalized spacial score (nSPS) is 18.8. The molecule has 13 rings (SSSR count). The molecule has 3 heterocycles. The van der Waals surface area contributed by atoms with Gasteiger partial charge in [-0.25, -0.2) is 4.79 Å². The van der Waals surface area contributed by atoms with Crippen LogP contribution in [-0.2, 0) is 61.9 Å². The van der Waals surface area contributed by atoms with Crippen molar-refractivity contribution in [3.63, 3.8) is 0 Å². The van der Waals surface area contributed by atoms with Crippen molar-refractivity contribution in [3.05, 3.63) is 206 Å². The third kappa shape index (κ3) is 22.1. The predicted octanol–water partition coefficient (Wildman–Crippen LogP) is 15.8. The molecule has 4 unspecified atom stereocenters. The first-order chi connectivity index (χ1) is 54.6. The number of rotatable bonds is 21. The summed E-state index contributed by atoms with van der Waals surface area (Å²) in [5.41, 5.74) is 32.1. The number of hydrogen-bond donors (Lipinski definition) is 2. The first-order valence-corrected chi connectivity index (χ1v) is 43.1. The Labute approximate surface area is 680 Å². The molecule has 4 atom stereocenters. The maximum atomic E-state index is 14.5. The van der Waals surface area contributed by atoms with Gasteiger partial charge in [0.05, 0.1) is 11.5 Å². The zero-order chi connectivity index (χ0) is 85.2. The van der Waals surface area contributed by atoms with Gasteiger partial charge in [0, 0.05) is 113 Å². The van der Waals surface area contributed by atoms with E-state index in [9.17, 15) is 49.9 Å². The van der Waals surface area contributed by atoms with E-state index < -0.39 is 49.5 Å². The topological polar surface area (TPSA) is 363 Å². The van der Waals surface area contributed by atoms with Crippen LogP contribution in [0.15, 0.2) is 107 Å². The van der Waals surface area contributed by atoms with E-state index in [4.69, 9.17) is 30.1 Å². The van der Waals surface area contributed by atoms with E-state index >= 15 is 0 Å². The van der Waals surface area contributed by atoms with Gasteiger partial charge in [0.15, 0.2) is 0 Å². The minimum Gasteiger partial charge on any atom is -0.456 e. The zero-order valence-corrected chi connectivity index (χ0v) is 70.9. The third-order valence-electron chi connectivity index (χ3n) is 22.1. The summed E-state index contributed by atoms with van der Waals surface area (Å²) in [5.74, 6) is 1.46. The fourth-order valence-corrected chi connectivity index (χ4v) is 19.0. The van der Waals surface area contributed by atoms with Crippen molar-refractivity contribution in [2.24, 2.45) is 31.9 Å². The van der Waals surface area contributed by atoms with Crippen LogP contribution in [0.4, 0.5) is 0 Å². The molecule has 1 fully saturated rings. The number of imide groups is 1. The molecular weight excluding hydrogens is 1520 g/mol. The average Bonchev–Trinajstić information content (AvgIpc) is 0.742. The Bertz CT molecular complexity index is 5140. The summed E-state index contributed by atoms with van der Waals surface area (Å²) >= 11 is 0. The molecule has 6 aromatic carbocycles. The average molecular weight is 1630 g/mol. The molecule has 1 saturated heterocycles. The highest BCUT2D eigenvalue weighted by Crippen LogP contribution is 2.50. The third-order valence-corrected chi connectivity index (χ3v) is 23.7. The Morgan fingerprint density at radius 3 is 1.24 bits per heavy atom. The monoisotopic (exact) mass is 1620 g/mol. The van der Waals surface area contributed by atoms with E-state index in [1.807, 2.05) is 62.4 Å². The lowest BCUT2D eigenvalue weighted by Gasteiger charge is -2.37. The van der Waals surface area contributed by atoms with Crippen molar-refractivity contribution in [1.82, 2.24) is 14.9 Å². The van der Waals surface area contributed by atoms with Crippen LogP contribution in [-0.4, -0.2) is 127 Å². The molecule has 0 radical (unpaired) electrons. The van der Waals surface area contributed by atoms with Crippen LogP contribution >= 0.6 is 0 Å². The molecule has 0 saturated carbocycles. The Kier molecular flexibility index (Phi) is 28.9. The van der Waals surface area contributed by atoms with E-state index in [1.54, 1.807) is 9.80 Å². The minimum atomic E-state index is -4.20. The molecule has 27 heteroatoms. The number of carbonyl (C=O) groups excluding carboxylic acids is 7. The van der Waals surface area contributed by atoms with Crippen LogP contribution < -0.4 is 30.3 Å². The quantitative estimate of drug-likeness (QED) is 0.0168. The molecule has 25 nitrogen and oxygen atoms in total. The fraction of sp³-hybridized carbons (Fsp3) is 0.483. The first-order valence-electron chi connectivity index (χ1n) is 39.9. The number of amides is 4. The van der Waals surface area contributed by atoms with Gasteiger partial charge in [-0.1, -0.05) is 156 Å². The highest BCUT2D eigenvalue weighted by molar-refractivity contribution is 7.86. The minimum absolute atomic E-state index is 0.0525. The summed E-state index contributed by atoms with van der Waals surface area (Å²) in [6, 6.07) is 33.0. The second-order valence-corrected chi connectivity index (χ2v) is 37.3. The Hall–Kier alpha value is -10.2. The summed E-state index contributed by atoms with van der Waals surface area (Å²) < 4.78 is 78.6. The second-order valence-electron chi connectivity index (χ2n) is 34.2. The van der Waals surface area contributed by atoms with Gasteiger partial charge in [0.2, 0.25) is 0 Å². The molecular formula is C89H109N9O16S2. The fourth-order valence-electron chi connectivity index (χ4n) is 18.0. The predicted molar refractivity (Wildman–Crippen MR) is 444 cm³/mol. The molecule has 0 aromatic heterocycles. The Balaban J connectivity index is 0.000000223. The van der Waals surface area contributed by atoms with Gasteiger partial charge >= 0.3 is 12.1 Å². The standard InChI is InChI=1S/2C40H48N4O5S.C6H7NO4.C2H6.CO2/c2*1-25-21-39(3,4)23-27-17-35-33(19-31(25)27)37(34-20-32-26(2)22-40(5,6)24-28(32)18-36(34)49-35)29-11-7-8-12-30(29)38(45)44(14-9-13-42-43-41)15-10-16-50(46,47)48;1-4(8)11-7-5(9)2-3-6(7)10;1-2;2-1-3/h2*7-8,11-12,17-20,23,25-26H,9-10,13-16,21-22,24H2,1-6H3,(H,46,47,48);2-3H2,1H3;1-2H3;. The highest BCUT2D eigenvalue weighted by atomic mass is 32.2. The van der Waals surface area contributed by atoms with Crippen molar-refractivity contribution in [2.45, 2.75) is 205 Å². The van der Waals surface area contributed by atoms with Gasteiger partial charge in [-0.05, 0) is 236 Å². The zero-order valence-electron chi connectivity index (χ0n) is 69.3. The lowest BCUT2D eigenvalue weighted by Crippen LogP contribution is -2.35. The van der Waals surface area contributed by atoms with Crippen LogP contribution in [0.1, 0.15) is 268 Å². The molecule has 6 aromatic rings. The number of benzene rings is 6. The molecule has 7 aliphatic rings. The number of nitrogens with zero attached hydrogens (tertiary/aromatic N) is 9. The van der Waals surface area contributed by atoms with Gasteiger partial charge in [-0.3, -0.25) is 28.3 Å². The van der Waals surface area contributed by atoms with Crippen molar-refractivity contribution in [1.29, 1.82) is 0 Å². The van der Waals surface area contributed by atoms with Crippen molar-refractivity contribution >= 4 is 79.3 Å². The number of hydroxylamine groups is 2. The largest absolute Gasteiger partial charge is 0.456 e. The van der Waals surface area contributed by atoms with Crippen molar-refractivity contribution in [2.75, 3.05) is 50.8 Å². The van der Waals surface area contributed by atoms with E-state index in [0.29, 0.717) is 52.7 Å². The molecule has 116 heavy (non-hydrogen) atoms. The van der Waals surface area contributed by atoms with Crippen LogP contribution in [0.5, 0.6) is 23.0 Å². The van der Waals surface area contributed by atoms with Crippen LogP contribution in [0, 0.1) is 21.7 Å². The summed E-state index contributed by atoms with van der Waals surface area (Å²) in [6.07, 6.45) is 12.3. The maximum Gasteiger partial charge on any atom is 0.373 e. The molecule has 0 bridgehead atoms. The lowest BCUT2D eigenvalue weighted by molar-refractivity contribution is -0.195. The summed E-state index contributed by atoms with van der Waals surface area (Å²) in [5, 5.41) is 12.0. The number of ether oxygens (including phenoxy) is 2. The molecule has 2 N–H and O–H groups in total. The van der Waals surface area contributed by atoms with Gasteiger partial charge in [0.25, 0.3) is 43.9 Å². The molecule has 618 valence electrons. The van der Waals surface area contributed by atoms with Crippen LogP contribution in [0.3, 0.4) is 0 Å². The number of hydrogen-bond acceptors (Lipinski definition) is 16. The van der Waals surface area contributed by atoms with Crippen molar-refractivity contribution < 1.29 is 73.8 Å². The van der Waals surface area contributed by atoms with Crippen molar-refractivity contribution in [3.8, 4) is 23.0 Å². The number of carbonyl (C=O) groups is 5. The van der Waals surface area contributed by atoms with Crippen LogP contribution in [0.2, 0.25) is 0 Å². The van der Waals surface area contributed by atoms with E-state index in [1.165, 1.54) is 43.8 Å². The highest BCUT2D eigenvalue weighted by Gasteiger charge is 2.39. The Morgan fingerprint density at radius 1 is 0.534 bits per heavy atom. The SMILES string of the molecule is CC.CC(=O)ON1C(=O)CCC1=O.CC1CC(C)(C)Cc2cc3c(cc21)C(c1ccccc1C(=O)N(CCCN=[N+]=[N-])CCCS(=O)(=O)O)=c1cc2c(cc1O3)=CC(C)(C)CC2C.CC1CC(C)(C)Cc2cc3c(cc21)C(c1ccccc1C(=O)N(CCCN=[N+]=[N-])CCCS(=O)(=O)O)=c1cc2c(cc1O3)=CC(C)(C)CC2C.O=C=O. The van der Waals surface area contributed by atoms with E-state index in [2.05, 4.69) is 169 Å². The van der Waals surface area contributed by atoms with Crippen LogP contribution in [0.25, 0.3) is 44.2 Å². The van der Waals surface area contributed by atoms with Gasteiger partial charge < -0.3 is 24.1 Å². The summed E-state index contributed by atoms with van der Waals surface area (Å²) in [7, 11) is -8.39. The van der Waals surface area contributed by atoms with E-state index in [0.717, 1.165) is 112 Å². The molecule has 0 spiro atoms. The lowest BCUT2D eigenvalue weighted by atomic mass is 9.69. The molecule has 4 amide bonds. The second kappa shape index (κ2) is 37.4. The number of azide groups is 2. The smallest absolute Gasteiger partial charge is 0.373 e. The first kappa shape index (κ1) is 89.7. The Morgan fingerprint density at radius 2 is 0.888 bits per heavy atom. The molecule has 3 aliphatic heterocycles. The van der Waals surface area contributed by atoms with E-state index in [-0.39, 0.29) is 105 Å². The number of fused-ring (bicyclic) bond motifs is 8. The molecule has 4 aliphatic carbocycles. The van der Waals surface area contributed by atoms with Gasteiger partial charge in [-0.15, -0.1) is 5.06 Å². The van der Waals surface area contributed by atoms with Gasteiger partial charge in [-0.2, -0.15) is 26.4 Å². The maximum absolute atomic E-state index is 14.5.